The number of carbonyl (C=O) groups is 2. The average molecular weight is 441 g/mol. The van der Waals surface area contributed by atoms with Crippen LogP contribution in [0.4, 0.5) is 15.8 Å². The van der Waals surface area contributed by atoms with Gasteiger partial charge in [-0.3, -0.25) is 14.5 Å². The van der Waals surface area contributed by atoms with Gasteiger partial charge >= 0.3 is 0 Å². The third kappa shape index (κ3) is 8.68. The van der Waals surface area contributed by atoms with Gasteiger partial charge in [0.25, 0.3) is 0 Å². The molecule has 28 heavy (non-hydrogen) atoms. The first-order valence-corrected chi connectivity index (χ1v) is 8.44. The molecule has 0 saturated carbocycles. The molecule has 1 heterocycles. The van der Waals surface area contributed by atoms with Crippen LogP contribution in [0.15, 0.2) is 18.2 Å². The van der Waals surface area contributed by atoms with Gasteiger partial charge in [-0.1, -0.05) is 0 Å². The van der Waals surface area contributed by atoms with E-state index in [1.165, 1.54) is 25.3 Å². The monoisotopic (exact) mass is 440 g/mol. The second kappa shape index (κ2) is 13.6. The van der Waals surface area contributed by atoms with Crippen LogP contribution in [0.3, 0.4) is 0 Å². The average Bonchev–Trinajstić information content (AvgIpc) is 2.64. The van der Waals surface area contributed by atoms with E-state index in [4.69, 9.17) is 15.2 Å². The van der Waals surface area contributed by atoms with Crippen LogP contribution in [0.2, 0.25) is 0 Å². The number of anilines is 2. The van der Waals surface area contributed by atoms with Crippen LogP contribution in [0.5, 0.6) is 0 Å². The van der Waals surface area contributed by atoms with Crippen LogP contribution in [0, 0.1) is 5.82 Å². The maximum absolute atomic E-state index is 13.9. The van der Waals surface area contributed by atoms with E-state index < -0.39 is 17.8 Å². The van der Waals surface area contributed by atoms with Crippen LogP contribution >= 0.6 is 24.8 Å². The van der Waals surface area contributed by atoms with Gasteiger partial charge < -0.3 is 25.8 Å². The van der Waals surface area contributed by atoms with E-state index in [9.17, 15) is 14.0 Å². The minimum absolute atomic E-state index is 0. The highest BCUT2D eigenvalue weighted by Gasteiger charge is 2.16. The minimum Gasteiger partial charge on any atom is -0.383 e. The molecule has 2 rings (SSSR count). The Balaban J connectivity index is 0.00000364. The molecule has 0 bridgehead atoms. The first-order valence-electron chi connectivity index (χ1n) is 8.44. The van der Waals surface area contributed by atoms with Gasteiger partial charge in [0.05, 0.1) is 25.5 Å². The maximum Gasteiger partial charge on any atom is 0.243 e. The second-order valence-corrected chi connectivity index (χ2v) is 6.00. The number of hydrogen-bond donors (Lipinski definition) is 3. The van der Waals surface area contributed by atoms with Crippen LogP contribution in [0.25, 0.3) is 0 Å². The van der Waals surface area contributed by atoms with E-state index in [1.54, 1.807) is 0 Å². The lowest BCUT2D eigenvalue weighted by atomic mass is 10.2. The Morgan fingerprint density at radius 2 is 1.96 bits per heavy atom. The molecule has 160 valence electrons. The molecule has 1 unspecified atom stereocenters. The van der Waals surface area contributed by atoms with Gasteiger partial charge in [-0.2, -0.15) is 0 Å². The van der Waals surface area contributed by atoms with E-state index >= 15 is 0 Å². The quantitative estimate of drug-likeness (QED) is 0.561. The van der Waals surface area contributed by atoms with Crippen molar-refractivity contribution in [2.75, 3.05) is 57.2 Å². The smallest absolute Gasteiger partial charge is 0.243 e. The van der Waals surface area contributed by atoms with Crippen molar-refractivity contribution in [3.8, 4) is 0 Å². The number of benzene rings is 1. The van der Waals surface area contributed by atoms with Crippen LogP contribution < -0.4 is 16.4 Å². The Kier molecular flexibility index (Phi) is 12.9. The molecule has 0 spiro atoms. The number of ether oxygens (including phenoxy) is 2. The number of nitrogens with two attached hydrogens (primary N) is 1. The molecule has 1 aromatic rings. The first-order chi connectivity index (χ1) is 12.5. The van der Waals surface area contributed by atoms with Gasteiger partial charge in [-0.05, 0) is 18.2 Å². The number of morpholine rings is 1. The number of nitrogens with zero attached hydrogens (tertiary/aromatic N) is 1. The number of rotatable bonds is 8. The molecule has 0 aliphatic carbocycles. The van der Waals surface area contributed by atoms with Crippen molar-refractivity contribution in [3.63, 3.8) is 0 Å². The maximum atomic E-state index is 13.9. The van der Waals surface area contributed by atoms with E-state index in [0.717, 1.165) is 13.1 Å². The minimum atomic E-state index is -0.836. The molecule has 0 radical (unpaired) electrons. The molecule has 4 N–H and O–H groups in total. The predicted octanol–water partition coefficient (Wildman–Crippen LogP) is 1.24. The largest absolute Gasteiger partial charge is 0.383 e. The number of hydrogen-bond acceptors (Lipinski definition) is 6. The first kappa shape index (κ1) is 26.5. The summed E-state index contributed by atoms with van der Waals surface area (Å²) in [6.45, 7) is 3.53. The fraction of sp³-hybridized carbons (Fsp3) is 0.529. The molecule has 0 aromatic heterocycles. The Morgan fingerprint density at radius 3 is 2.61 bits per heavy atom. The van der Waals surface area contributed by atoms with Crippen LogP contribution in [-0.4, -0.2) is 69.3 Å². The van der Waals surface area contributed by atoms with Crippen molar-refractivity contribution in [2.24, 2.45) is 5.73 Å². The molecule has 11 heteroatoms. The molecule has 1 fully saturated rings. The fourth-order valence-electron chi connectivity index (χ4n) is 2.49. The Morgan fingerprint density at radius 1 is 1.29 bits per heavy atom. The zero-order valence-corrected chi connectivity index (χ0v) is 17.2. The van der Waals surface area contributed by atoms with Crippen molar-refractivity contribution in [1.82, 2.24) is 4.90 Å². The lowest BCUT2D eigenvalue weighted by Gasteiger charge is -2.26. The van der Waals surface area contributed by atoms with Gasteiger partial charge in [0, 0.05) is 38.9 Å². The van der Waals surface area contributed by atoms with E-state index in [2.05, 4.69) is 15.5 Å². The van der Waals surface area contributed by atoms with Crippen LogP contribution in [0.1, 0.15) is 6.42 Å². The van der Waals surface area contributed by atoms with Gasteiger partial charge in [0.15, 0.2) is 0 Å². The van der Waals surface area contributed by atoms with Crippen molar-refractivity contribution < 1.29 is 23.5 Å². The third-order valence-corrected chi connectivity index (χ3v) is 3.95. The number of amides is 2. The molecule has 1 aliphatic rings. The fourth-order valence-corrected chi connectivity index (χ4v) is 2.49. The summed E-state index contributed by atoms with van der Waals surface area (Å²) in [5.41, 5.74) is 5.99. The molecule has 1 aliphatic heterocycles. The number of methoxy groups -OCH3 is 1. The van der Waals surface area contributed by atoms with Crippen molar-refractivity contribution in [1.29, 1.82) is 0 Å². The Bertz CT molecular complexity index is 633. The molecule has 1 atom stereocenters. The number of carbonyl (C=O) groups excluding carboxylic acids is 2. The van der Waals surface area contributed by atoms with E-state index in [0.29, 0.717) is 25.4 Å². The zero-order valence-electron chi connectivity index (χ0n) is 15.6. The summed E-state index contributed by atoms with van der Waals surface area (Å²) in [7, 11) is 1.44. The van der Waals surface area contributed by atoms with Crippen molar-refractivity contribution in [3.05, 3.63) is 24.0 Å². The number of halogens is 3. The summed E-state index contributed by atoms with van der Waals surface area (Å²) in [4.78, 5) is 26.1. The molecule has 2 amide bonds. The summed E-state index contributed by atoms with van der Waals surface area (Å²) in [5.74, 6) is -1.33. The van der Waals surface area contributed by atoms with Gasteiger partial charge in [-0.25, -0.2) is 4.39 Å². The third-order valence-electron chi connectivity index (χ3n) is 3.95. The summed E-state index contributed by atoms with van der Waals surface area (Å²) in [6.07, 6.45) is 0.245. The van der Waals surface area contributed by atoms with Crippen LogP contribution in [-0.2, 0) is 19.1 Å². The van der Waals surface area contributed by atoms with Gasteiger partial charge in [0.2, 0.25) is 11.8 Å². The standard InChI is InChI=1S/C17H25FN4O4.2ClH/c1-25-11-14(19)17(24)20-12-2-3-13(18)15(10-12)21-16(23)4-5-22-6-8-26-9-7-22;;/h2-3,10,14H,4-9,11,19H2,1H3,(H,20,24)(H,21,23);2*1H. The molecular formula is C17H27Cl2FN4O4. The van der Waals surface area contributed by atoms with E-state index in [1.807, 2.05) is 0 Å². The lowest BCUT2D eigenvalue weighted by molar-refractivity contribution is -0.118. The normalized spacial score (nSPS) is 15.0. The summed E-state index contributed by atoms with van der Waals surface area (Å²) in [6, 6.07) is 3.10. The summed E-state index contributed by atoms with van der Waals surface area (Å²) >= 11 is 0. The highest BCUT2D eigenvalue weighted by molar-refractivity contribution is 5.96. The van der Waals surface area contributed by atoms with Crippen molar-refractivity contribution >= 4 is 48.0 Å². The molecule has 8 nitrogen and oxygen atoms in total. The highest BCUT2D eigenvalue weighted by atomic mass is 35.5. The highest BCUT2D eigenvalue weighted by Crippen LogP contribution is 2.20. The summed E-state index contributed by atoms with van der Waals surface area (Å²) in [5, 5.41) is 5.11. The molecule has 1 saturated heterocycles. The molecular weight excluding hydrogens is 414 g/mol. The topological polar surface area (TPSA) is 106 Å². The summed E-state index contributed by atoms with van der Waals surface area (Å²) < 4.78 is 24.0. The Hall–Kier alpha value is -1.49. The second-order valence-electron chi connectivity index (χ2n) is 6.00. The Labute approximate surface area is 176 Å². The van der Waals surface area contributed by atoms with Gasteiger partial charge in [0.1, 0.15) is 11.9 Å². The SMILES string of the molecule is COCC(N)C(=O)Nc1ccc(F)c(NC(=O)CCN2CCOCC2)c1.Cl.Cl. The molecule has 1 aromatic carbocycles. The number of nitrogens with one attached hydrogen (secondary N) is 2. The van der Waals surface area contributed by atoms with Gasteiger partial charge in [-0.15, -0.1) is 24.8 Å². The van der Waals surface area contributed by atoms with E-state index in [-0.39, 0.29) is 49.4 Å². The lowest BCUT2D eigenvalue weighted by Crippen LogP contribution is -2.39. The predicted molar refractivity (Wildman–Crippen MR) is 110 cm³/mol. The zero-order chi connectivity index (χ0) is 18.9. The van der Waals surface area contributed by atoms with Crippen molar-refractivity contribution in [2.45, 2.75) is 12.5 Å².